The number of benzene rings is 1. The Morgan fingerprint density at radius 2 is 2.00 bits per heavy atom. The molecule has 1 atom stereocenters. The van der Waals surface area contributed by atoms with E-state index in [4.69, 9.17) is 9.47 Å². The maximum Gasteiger partial charge on any atom is 0.324 e. The van der Waals surface area contributed by atoms with Gasteiger partial charge in [-0.1, -0.05) is 13.8 Å². The minimum Gasteiger partial charge on any atom is -0.492 e. The lowest BCUT2D eigenvalue weighted by Crippen LogP contribution is -2.44. The number of carbonyl (C=O) groups excluding carboxylic acids is 1. The summed E-state index contributed by atoms with van der Waals surface area (Å²) in [6.07, 6.45) is 1.57. The van der Waals surface area contributed by atoms with Crippen LogP contribution in [0.3, 0.4) is 0 Å². The summed E-state index contributed by atoms with van der Waals surface area (Å²) in [5.74, 6) is -0.397. The number of sulfonamides is 1. The minimum atomic E-state index is -3.96. The molecule has 2 rings (SSSR count). The molecule has 0 bridgehead atoms. The van der Waals surface area contributed by atoms with E-state index in [0.717, 1.165) is 0 Å². The molecule has 0 aliphatic rings. The summed E-state index contributed by atoms with van der Waals surface area (Å²) in [5.41, 5.74) is 0.450. The summed E-state index contributed by atoms with van der Waals surface area (Å²) in [5, 5.41) is 0.424. The first-order valence-electron chi connectivity index (χ1n) is 7.92. The van der Waals surface area contributed by atoms with Crippen LogP contribution in [-0.2, 0) is 19.6 Å². The Bertz CT molecular complexity index is 864. The predicted molar refractivity (Wildman–Crippen MR) is 93.9 cm³/mol. The second-order valence-electron chi connectivity index (χ2n) is 5.76. The van der Waals surface area contributed by atoms with Gasteiger partial charge in [-0.05, 0) is 37.1 Å². The first-order valence-corrected chi connectivity index (χ1v) is 9.40. The summed E-state index contributed by atoms with van der Waals surface area (Å²) < 4.78 is 38.4. The van der Waals surface area contributed by atoms with Gasteiger partial charge < -0.3 is 9.47 Å². The second-order valence-corrected chi connectivity index (χ2v) is 7.44. The fraction of sp³-hybridized carbons (Fsp3) is 0.412. The third-order valence-corrected chi connectivity index (χ3v) is 5.19. The van der Waals surface area contributed by atoms with Gasteiger partial charge in [-0.15, -0.1) is 0 Å². The number of ether oxygens (including phenoxy) is 2. The largest absolute Gasteiger partial charge is 0.492 e. The zero-order valence-electron chi connectivity index (χ0n) is 14.6. The first kappa shape index (κ1) is 19.1. The van der Waals surface area contributed by atoms with Crippen molar-refractivity contribution in [1.29, 1.82) is 0 Å². The summed E-state index contributed by atoms with van der Waals surface area (Å²) >= 11 is 0. The highest BCUT2D eigenvalue weighted by molar-refractivity contribution is 7.89. The summed E-state index contributed by atoms with van der Waals surface area (Å²) in [7, 11) is -2.74. The molecule has 0 radical (unpaired) electrons. The summed E-state index contributed by atoms with van der Waals surface area (Å²) in [6, 6.07) is 5.34. The maximum atomic E-state index is 12.9. The van der Waals surface area contributed by atoms with Crippen molar-refractivity contribution in [3.8, 4) is 5.75 Å². The standard InChI is InChI=1S/C17H22N2O5S/c1-5-24-13-8-9-14(12-7-6-10-18-16(12)13)25(21,22)19-15(11(2)3)17(20)23-4/h6-11,15,19H,5H2,1-4H3. The molecule has 8 heteroatoms. The Morgan fingerprint density at radius 1 is 1.28 bits per heavy atom. The minimum absolute atomic E-state index is 0.0357. The second kappa shape index (κ2) is 7.79. The van der Waals surface area contributed by atoms with Crippen molar-refractivity contribution < 1.29 is 22.7 Å². The van der Waals surface area contributed by atoms with Gasteiger partial charge in [0.05, 0.1) is 18.6 Å². The highest BCUT2D eigenvalue weighted by atomic mass is 32.2. The van der Waals surface area contributed by atoms with Crippen molar-refractivity contribution in [3.63, 3.8) is 0 Å². The molecule has 1 heterocycles. The molecule has 0 saturated carbocycles. The average Bonchev–Trinajstić information content (AvgIpc) is 2.59. The van der Waals surface area contributed by atoms with Gasteiger partial charge in [0.15, 0.2) is 0 Å². The third kappa shape index (κ3) is 4.08. The number of pyridine rings is 1. The van der Waals surface area contributed by atoms with E-state index in [9.17, 15) is 13.2 Å². The molecule has 0 fully saturated rings. The van der Waals surface area contributed by atoms with Gasteiger partial charge >= 0.3 is 5.97 Å². The highest BCUT2D eigenvalue weighted by Gasteiger charge is 2.30. The average molecular weight is 366 g/mol. The van der Waals surface area contributed by atoms with Gasteiger partial charge in [0, 0.05) is 11.6 Å². The van der Waals surface area contributed by atoms with Crippen LogP contribution in [0.25, 0.3) is 10.9 Å². The van der Waals surface area contributed by atoms with Crippen LogP contribution in [0.2, 0.25) is 0 Å². The number of hydrogen-bond acceptors (Lipinski definition) is 6. The fourth-order valence-corrected chi connectivity index (χ4v) is 3.97. The normalized spacial score (nSPS) is 13.0. The van der Waals surface area contributed by atoms with Crippen LogP contribution in [0.5, 0.6) is 5.75 Å². The number of aromatic nitrogens is 1. The third-order valence-electron chi connectivity index (χ3n) is 3.69. The van der Waals surface area contributed by atoms with E-state index in [1.165, 1.54) is 13.2 Å². The van der Waals surface area contributed by atoms with Crippen molar-refractivity contribution in [2.75, 3.05) is 13.7 Å². The number of esters is 1. The maximum absolute atomic E-state index is 12.9. The molecule has 1 aromatic heterocycles. The summed E-state index contributed by atoms with van der Waals surface area (Å²) in [6.45, 7) is 5.75. The molecule has 0 spiro atoms. The molecule has 0 aliphatic heterocycles. The van der Waals surface area contributed by atoms with Crippen molar-refractivity contribution in [3.05, 3.63) is 30.5 Å². The molecular formula is C17H22N2O5S. The van der Waals surface area contributed by atoms with Crippen molar-refractivity contribution in [2.45, 2.75) is 31.7 Å². The Labute approximate surface area is 147 Å². The lowest BCUT2D eigenvalue weighted by molar-refractivity contribution is -0.143. The SMILES string of the molecule is CCOc1ccc(S(=O)(=O)NC(C(=O)OC)C(C)C)c2cccnc12. The smallest absolute Gasteiger partial charge is 0.324 e. The van der Waals surface area contributed by atoms with Gasteiger partial charge in [0.1, 0.15) is 17.3 Å². The van der Waals surface area contributed by atoms with E-state index in [0.29, 0.717) is 23.3 Å². The highest BCUT2D eigenvalue weighted by Crippen LogP contribution is 2.29. The van der Waals surface area contributed by atoms with Gasteiger partial charge in [0.2, 0.25) is 10.0 Å². The summed E-state index contributed by atoms with van der Waals surface area (Å²) in [4.78, 5) is 16.2. The monoisotopic (exact) mass is 366 g/mol. The number of hydrogen-bond donors (Lipinski definition) is 1. The quantitative estimate of drug-likeness (QED) is 0.754. The predicted octanol–water partition coefficient (Wildman–Crippen LogP) is 2.11. The number of nitrogens with one attached hydrogen (secondary N) is 1. The number of carbonyl (C=O) groups is 1. The van der Waals surface area contributed by atoms with Crippen LogP contribution in [0.1, 0.15) is 20.8 Å². The molecule has 2 aromatic rings. The van der Waals surface area contributed by atoms with Crippen LogP contribution < -0.4 is 9.46 Å². The zero-order valence-corrected chi connectivity index (χ0v) is 15.5. The van der Waals surface area contributed by atoms with Crippen molar-refractivity contribution in [2.24, 2.45) is 5.92 Å². The van der Waals surface area contributed by atoms with E-state index >= 15 is 0 Å². The van der Waals surface area contributed by atoms with E-state index in [1.807, 2.05) is 6.92 Å². The van der Waals surface area contributed by atoms with E-state index in [2.05, 4.69) is 9.71 Å². The number of rotatable bonds is 7. The van der Waals surface area contributed by atoms with E-state index in [1.54, 1.807) is 38.2 Å². The van der Waals surface area contributed by atoms with Gasteiger partial charge in [-0.2, -0.15) is 4.72 Å². The Hall–Kier alpha value is -2.19. The van der Waals surface area contributed by atoms with Crippen molar-refractivity contribution >= 4 is 26.9 Å². The molecule has 0 amide bonds. The van der Waals surface area contributed by atoms with Crippen LogP contribution >= 0.6 is 0 Å². The Balaban J connectivity index is 2.53. The number of nitrogens with zero attached hydrogens (tertiary/aromatic N) is 1. The number of fused-ring (bicyclic) bond motifs is 1. The van der Waals surface area contributed by atoms with Crippen LogP contribution in [0.4, 0.5) is 0 Å². The molecule has 1 unspecified atom stereocenters. The molecule has 25 heavy (non-hydrogen) atoms. The van der Waals surface area contributed by atoms with Gasteiger partial charge in [-0.25, -0.2) is 8.42 Å². The topological polar surface area (TPSA) is 94.6 Å². The van der Waals surface area contributed by atoms with Crippen LogP contribution in [0.15, 0.2) is 35.4 Å². The lowest BCUT2D eigenvalue weighted by Gasteiger charge is -2.20. The van der Waals surface area contributed by atoms with Crippen molar-refractivity contribution in [1.82, 2.24) is 9.71 Å². The molecule has 1 aromatic carbocycles. The van der Waals surface area contributed by atoms with Crippen LogP contribution in [0, 0.1) is 5.92 Å². The Morgan fingerprint density at radius 3 is 2.60 bits per heavy atom. The molecule has 1 N–H and O–H groups in total. The molecular weight excluding hydrogens is 344 g/mol. The fourth-order valence-electron chi connectivity index (χ4n) is 2.44. The first-order chi connectivity index (χ1) is 11.8. The van der Waals surface area contributed by atoms with Gasteiger partial charge in [0.25, 0.3) is 0 Å². The molecule has 0 saturated heterocycles. The van der Waals surface area contributed by atoms with E-state index < -0.39 is 22.0 Å². The molecule has 136 valence electrons. The van der Waals surface area contributed by atoms with E-state index in [-0.39, 0.29) is 10.8 Å². The zero-order chi connectivity index (χ0) is 18.6. The lowest BCUT2D eigenvalue weighted by atomic mass is 10.1. The number of methoxy groups -OCH3 is 1. The molecule has 0 aliphatic carbocycles. The van der Waals surface area contributed by atoms with Crippen LogP contribution in [-0.4, -0.2) is 39.1 Å². The van der Waals surface area contributed by atoms with Gasteiger partial charge in [-0.3, -0.25) is 9.78 Å². The Kier molecular flexibility index (Phi) is 5.97. The molecule has 7 nitrogen and oxygen atoms in total.